The maximum Gasteiger partial charge on any atom is 0.259 e. The van der Waals surface area contributed by atoms with Gasteiger partial charge in [-0.2, -0.15) is 10.2 Å². The lowest BCUT2D eigenvalue weighted by atomic mass is 10.1. The van der Waals surface area contributed by atoms with Gasteiger partial charge in [0.2, 0.25) is 0 Å². The van der Waals surface area contributed by atoms with Crippen LogP contribution in [0.25, 0.3) is 16.9 Å². The minimum absolute atomic E-state index is 0.00170. The van der Waals surface area contributed by atoms with Gasteiger partial charge in [0.15, 0.2) is 0 Å². The van der Waals surface area contributed by atoms with Gasteiger partial charge in [-0.05, 0) is 48.5 Å². The van der Waals surface area contributed by atoms with Crippen molar-refractivity contribution in [3.8, 4) is 16.9 Å². The first-order valence-electron chi connectivity index (χ1n) is 9.56. The Labute approximate surface area is 178 Å². The molecular weight excluding hydrogens is 395 g/mol. The molecule has 0 fully saturated rings. The lowest BCUT2D eigenvalue weighted by Crippen LogP contribution is -2.25. The lowest BCUT2D eigenvalue weighted by Gasteiger charge is -2.04. The second-order valence-corrected chi connectivity index (χ2v) is 6.61. The highest BCUT2D eigenvalue weighted by Gasteiger charge is 2.11. The van der Waals surface area contributed by atoms with Crippen LogP contribution in [0, 0.1) is 5.82 Å². The number of nitrogens with zero attached hydrogens (tertiary/aromatic N) is 4. The zero-order valence-corrected chi connectivity index (χ0v) is 16.4. The van der Waals surface area contributed by atoms with E-state index in [1.54, 1.807) is 35.4 Å². The summed E-state index contributed by atoms with van der Waals surface area (Å²) in [6.45, 7) is 0.00170. The van der Waals surface area contributed by atoms with Gasteiger partial charge in [0.25, 0.3) is 5.91 Å². The molecule has 1 amide bonds. The molecule has 0 aliphatic rings. The van der Waals surface area contributed by atoms with E-state index in [1.807, 2.05) is 48.7 Å². The Kier molecular flexibility index (Phi) is 6.08. The first kappa shape index (κ1) is 20.0. The van der Waals surface area contributed by atoms with E-state index >= 15 is 0 Å². The van der Waals surface area contributed by atoms with Crippen LogP contribution in [0.5, 0.6) is 0 Å². The highest BCUT2D eigenvalue weighted by molar-refractivity contribution is 5.90. The number of carbonyl (C=O) groups is 1. The summed E-state index contributed by atoms with van der Waals surface area (Å²) >= 11 is 0. The Morgan fingerprint density at radius 3 is 2.61 bits per heavy atom. The normalized spacial score (nSPS) is 10.9. The Hall–Kier alpha value is -4.33. The molecule has 0 atom stereocenters. The van der Waals surface area contributed by atoms with E-state index in [2.05, 4.69) is 25.9 Å². The molecule has 0 aliphatic carbocycles. The van der Waals surface area contributed by atoms with Crippen LogP contribution < -0.4 is 10.7 Å². The van der Waals surface area contributed by atoms with Crippen LogP contribution in [0.1, 0.15) is 5.56 Å². The molecule has 0 radical (unpaired) electrons. The number of halogens is 1. The number of hydrogen-bond donors (Lipinski definition) is 2. The summed E-state index contributed by atoms with van der Waals surface area (Å²) in [6.07, 6.45) is 6.80. The number of carbonyl (C=O) groups excluding carboxylic acids is 1. The van der Waals surface area contributed by atoms with E-state index in [9.17, 15) is 9.18 Å². The molecule has 0 aliphatic heterocycles. The number of amides is 1. The van der Waals surface area contributed by atoms with Crippen LogP contribution in [0.4, 0.5) is 10.1 Å². The minimum atomic E-state index is -0.334. The molecule has 0 unspecified atom stereocenters. The van der Waals surface area contributed by atoms with Crippen molar-refractivity contribution < 1.29 is 9.18 Å². The average Bonchev–Trinajstić information content (AvgIpc) is 3.24. The van der Waals surface area contributed by atoms with Crippen molar-refractivity contribution in [3.63, 3.8) is 0 Å². The van der Waals surface area contributed by atoms with Crippen molar-refractivity contribution in [2.75, 3.05) is 11.9 Å². The number of rotatable bonds is 7. The van der Waals surface area contributed by atoms with Crippen LogP contribution in [0.2, 0.25) is 0 Å². The molecule has 2 heterocycles. The molecule has 0 spiro atoms. The van der Waals surface area contributed by atoms with E-state index in [-0.39, 0.29) is 18.3 Å². The smallest absolute Gasteiger partial charge is 0.259 e. The monoisotopic (exact) mass is 414 g/mol. The van der Waals surface area contributed by atoms with E-state index in [0.29, 0.717) is 11.4 Å². The summed E-state index contributed by atoms with van der Waals surface area (Å²) in [5.41, 5.74) is 6.28. The summed E-state index contributed by atoms with van der Waals surface area (Å²) in [7, 11) is 0. The van der Waals surface area contributed by atoms with Crippen LogP contribution in [-0.2, 0) is 4.79 Å². The lowest BCUT2D eigenvalue weighted by molar-refractivity contribution is -0.119. The number of pyridine rings is 1. The number of hydrazone groups is 1. The standard InChI is InChI=1S/C23H19FN6O/c24-19-8-10-20(11-9-19)26-15-22(31)28-27-14-18-16-30(21-6-2-1-3-7-21)29-23(18)17-5-4-12-25-13-17/h1-14,16,26H,15H2,(H,28,31). The maximum atomic E-state index is 12.9. The molecule has 2 aromatic heterocycles. The van der Waals surface area contributed by atoms with E-state index < -0.39 is 0 Å². The van der Waals surface area contributed by atoms with Crippen LogP contribution in [0.3, 0.4) is 0 Å². The zero-order chi connectivity index (χ0) is 21.5. The highest BCUT2D eigenvalue weighted by Crippen LogP contribution is 2.21. The summed E-state index contributed by atoms with van der Waals surface area (Å²) in [4.78, 5) is 16.2. The van der Waals surface area contributed by atoms with Crippen LogP contribution >= 0.6 is 0 Å². The molecule has 0 saturated carbocycles. The SMILES string of the molecule is O=C(CNc1ccc(F)cc1)NN=Cc1cn(-c2ccccc2)nc1-c1cccnc1. The number of aromatic nitrogens is 3. The average molecular weight is 414 g/mol. The largest absolute Gasteiger partial charge is 0.376 e. The van der Waals surface area contributed by atoms with E-state index in [1.165, 1.54) is 12.1 Å². The third kappa shape index (κ3) is 5.18. The molecule has 8 heteroatoms. The highest BCUT2D eigenvalue weighted by atomic mass is 19.1. The Balaban J connectivity index is 1.47. The fourth-order valence-corrected chi connectivity index (χ4v) is 2.89. The molecule has 154 valence electrons. The summed E-state index contributed by atoms with van der Waals surface area (Å²) < 4.78 is 14.7. The van der Waals surface area contributed by atoms with Gasteiger partial charge < -0.3 is 5.32 Å². The predicted octanol–water partition coefficient (Wildman–Crippen LogP) is 3.64. The predicted molar refractivity (Wildman–Crippen MR) is 117 cm³/mol. The van der Waals surface area contributed by atoms with Gasteiger partial charge in [-0.15, -0.1) is 0 Å². The van der Waals surface area contributed by atoms with Crippen LogP contribution in [0.15, 0.2) is 90.4 Å². The quantitative estimate of drug-likeness (QED) is 0.357. The van der Waals surface area contributed by atoms with Crippen molar-refractivity contribution in [3.05, 3.63) is 96.7 Å². The molecule has 4 aromatic rings. The number of benzene rings is 2. The topological polar surface area (TPSA) is 84.2 Å². The Morgan fingerprint density at radius 2 is 1.87 bits per heavy atom. The first-order valence-corrected chi connectivity index (χ1v) is 9.56. The zero-order valence-electron chi connectivity index (χ0n) is 16.4. The van der Waals surface area contributed by atoms with Gasteiger partial charge in [-0.1, -0.05) is 18.2 Å². The first-order chi connectivity index (χ1) is 15.2. The second-order valence-electron chi connectivity index (χ2n) is 6.61. The third-order valence-corrected chi connectivity index (χ3v) is 4.39. The molecule has 0 bridgehead atoms. The Morgan fingerprint density at radius 1 is 1.06 bits per heavy atom. The van der Waals surface area contributed by atoms with Crippen molar-refractivity contribution in [1.29, 1.82) is 0 Å². The van der Waals surface area contributed by atoms with Crippen molar-refractivity contribution in [2.24, 2.45) is 5.10 Å². The van der Waals surface area contributed by atoms with Gasteiger partial charge in [0, 0.05) is 35.4 Å². The second kappa shape index (κ2) is 9.45. The fraction of sp³-hybridized carbons (Fsp3) is 0.0435. The van der Waals surface area contributed by atoms with Gasteiger partial charge in [-0.3, -0.25) is 9.78 Å². The van der Waals surface area contributed by atoms with Gasteiger partial charge in [-0.25, -0.2) is 14.5 Å². The molecule has 0 saturated heterocycles. The van der Waals surface area contributed by atoms with E-state index in [0.717, 1.165) is 16.8 Å². The fourth-order valence-electron chi connectivity index (χ4n) is 2.89. The third-order valence-electron chi connectivity index (χ3n) is 4.39. The molecule has 2 N–H and O–H groups in total. The molecule has 31 heavy (non-hydrogen) atoms. The molecular formula is C23H19FN6O. The minimum Gasteiger partial charge on any atom is -0.376 e. The van der Waals surface area contributed by atoms with Gasteiger partial charge in [0.05, 0.1) is 18.4 Å². The van der Waals surface area contributed by atoms with Crippen LogP contribution in [-0.4, -0.2) is 33.4 Å². The summed E-state index contributed by atoms with van der Waals surface area (Å²) in [5.74, 6) is -0.668. The van der Waals surface area contributed by atoms with Crippen molar-refractivity contribution >= 4 is 17.8 Å². The number of nitrogens with one attached hydrogen (secondary N) is 2. The maximum absolute atomic E-state index is 12.9. The summed E-state index contributed by atoms with van der Waals surface area (Å²) in [5, 5.41) is 11.6. The molecule has 4 rings (SSSR count). The summed E-state index contributed by atoms with van der Waals surface area (Å²) in [6, 6.07) is 19.2. The van der Waals surface area contributed by atoms with Gasteiger partial charge >= 0.3 is 0 Å². The van der Waals surface area contributed by atoms with Gasteiger partial charge in [0.1, 0.15) is 11.5 Å². The van der Waals surface area contributed by atoms with E-state index in [4.69, 9.17) is 0 Å². The van der Waals surface area contributed by atoms with Crippen molar-refractivity contribution in [2.45, 2.75) is 0 Å². The number of hydrogen-bond acceptors (Lipinski definition) is 5. The Bertz CT molecular complexity index is 1170. The van der Waals surface area contributed by atoms with Crippen molar-refractivity contribution in [1.82, 2.24) is 20.2 Å². The number of para-hydroxylation sites is 1. The molecule has 2 aromatic carbocycles. The molecule has 7 nitrogen and oxygen atoms in total. The number of anilines is 1.